The summed E-state index contributed by atoms with van der Waals surface area (Å²) >= 11 is 0. The molecule has 4 nitrogen and oxygen atoms in total. The molecule has 4 rings (SSSR count). The highest BCUT2D eigenvalue weighted by Gasteiger charge is 2.16. The van der Waals surface area contributed by atoms with E-state index in [9.17, 15) is 9.59 Å². The molecular weight excluding hydrogens is 420 g/mol. The molecule has 0 bridgehead atoms. The van der Waals surface area contributed by atoms with Gasteiger partial charge in [-0.15, -0.1) is 0 Å². The third-order valence-corrected chi connectivity index (χ3v) is 7.64. The first-order valence-corrected chi connectivity index (χ1v) is 13.8. The fraction of sp³-hybridized carbons (Fsp3) is 0.600. The van der Waals surface area contributed by atoms with Gasteiger partial charge >= 0.3 is 0 Å². The fourth-order valence-electron chi connectivity index (χ4n) is 5.69. The molecule has 2 amide bonds. The SMILES string of the molecule is O=C(Cc1ccc2cc(CC(=O)NC3CCCCCCC3)ccc2c1)NC1CCCCCCC1. The zero-order chi connectivity index (χ0) is 23.6. The first-order valence-electron chi connectivity index (χ1n) is 13.8. The Labute approximate surface area is 205 Å². The van der Waals surface area contributed by atoms with Crippen molar-refractivity contribution in [1.29, 1.82) is 0 Å². The third kappa shape index (κ3) is 7.85. The molecular formula is C30H42N2O2. The molecule has 0 spiro atoms. The largest absolute Gasteiger partial charge is 0.353 e. The van der Waals surface area contributed by atoms with E-state index in [1.165, 1.54) is 64.2 Å². The van der Waals surface area contributed by atoms with Crippen molar-refractivity contribution in [3.63, 3.8) is 0 Å². The number of benzene rings is 2. The van der Waals surface area contributed by atoms with E-state index in [0.29, 0.717) is 24.9 Å². The molecule has 2 aliphatic rings. The highest BCUT2D eigenvalue weighted by atomic mass is 16.2. The average molecular weight is 463 g/mol. The zero-order valence-corrected chi connectivity index (χ0v) is 20.7. The second-order valence-electron chi connectivity index (χ2n) is 10.6. The van der Waals surface area contributed by atoms with Gasteiger partial charge in [-0.1, -0.05) is 101 Å². The summed E-state index contributed by atoms with van der Waals surface area (Å²) in [5, 5.41) is 8.79. The molecule has 0 aliphatic heterocycles. The van der Waals surface area contributed by atoms with Crippen LogP contribution in [0.4, 0.5) is 0 Å². The van der Waals surface area contributed by atoms with Crippen molar-refractivity contribution in [3.05, 3.63) is 47.5 Å². The highest BCUT2D eigenvalue weighted by molar-refractivity contribution is 5.87. The minimum absolute atomic E-state index is 0.132. The lowest BCUT2D eigenvalue weighted by Crippen LogP contribution is -2.36. The molecule has 0 unspecified atom stereocenters. The highest BCUT2D eigenvalue weighted by Crippen LogP contribution is 2.21. The second-order valence-corrected chi connectivity index (χ2v) is 10.6. The maximum atomic E-state index is 12.6. The Balaban J connectivity index is 1.30. The van der Waals surface area contributed by atoms with Crippen molar-refractivity contribution in [1.82, 2.24) is 10.6 Å². The number of rotatable bonds is 6. The van der Waals surface area contributed by atoms with Crippen LogP contribution in [0.5, 0.6) is 0 Å². The molecule has 2 fully saturated rings. The van der Waals surface area contributed by atoms with Gasteiger partial charge in [-0.25, -0.2) is 0 Å². The van der Waals surface area contributed by atoms with Gasteiger partial charge in [0, 0.05) is 12.1 Å². The number of fused-ring (bicyclic) bond motifs is 1. The molecule has 2 aromatic rings. The van der Waals surface area contributed by atoms with Crippen LogP contribution in [0.2, 0.25) is 0 Å². The van der Waals surface area contributed by atoms with Gasteiger partial charge in [0.25, 0.3) is 0 Å². The molecule has 34 heavy (non-hydrogen) atoms. The van der Waals surface area contributed by atoms with Gasteiger partial charge in [0.15, 0.2) is 0 Å². The van der Waals surface area contributed by atoms with Gasteiger partial charge in [-0.3, -0.25) is 9.59 Å². The number of nitrogens with one attached hydrogen (secondary N) is 2. The van der Waals surface area contributed by atoms with Crippen molar-refractivity contribution in [2.24, 2.45) is 0 Å². The van der Waals surface area contributed by atoms with Gasteiger partial charge in [0.2, 0.25) is 11.8 Å². The van der Waals surface area contributed by atoms with Crippen LogP contribution in [0.3, 0.4) is 0 Å². The topological polar surface area (TPSA) is 58.2 Å². The predicted octanol–water partition coefficient (Wildman–Crippen LogP) is 6.38. The molecule has 2 aliphatic carbocycles. The normalized spacial score (nSPS) is 18.9. The Morgan fingerprint density at radius 3 is 1.29 bits per heavy atom. The fourth-order valence-corrected chi connectivity index (χ4v) is 5.69. The quantitative estimate of drug-likeness (QED) is 0.523. The Bertz CT molecular complexity index is 861. The van der Waals surface area contributed by atoms with Gasteiger partial charge in [-0.2, -0.15) is 0 Å². The van der Waals surface area contributed by atoms with E-state index in [4.69, 9.17) is 0 Å². The maximum Gasteiger partial charge on any atom is 0.224 e. The molecule has 0 atom stereocenters. The molecule has 2 N–H and O–H groups in total. The van der Waals surface area contributed by atoms with E-state index in [-0.39, 0.29) is 11.8 Å². The van der Waals surface area contributed by atoms with E-state index >= 15 is 0 Å². The smallest absolute Gasteiger partial charge is 0.224 e. The first kappa shape index (κ1) is 24.8. The van der Waals surface area contributed by atoms with Crippen molar-refractivity contribution in [3.8, 4) is 0 Å². The van der Waals surface area contributed by atoms with E-state index in [1.54, 1.807) is 0 Å². The van der Waals surface area contributed by atoms with Crippen LogP contribution in [0.15, 0.2) is 36.4 Å². The van der Waals surface area contributed by atoms with Crippen molar-refractivity contribution >= 4 is 22.6 Å². The van der Waals surface area contributed by atoms with Gasteiger partial charge in [0.05, 0.1) is 12.8 Å². The van der Waals surface area contributed by atoms with E-state index < -0.39 is 0 Å². The van der Waals surface area contributed by atoms with E-state index in [2.05, 4.69) is 47.0 Å². The summed E-state index contributed by atoms with van der Waals surface area (Å²) in [6, 6.07) is 13.2. The van der Waals surface area contributed by atoms with Crippen LogP contribution in [-0.4, -0.2) is 23.9 Å². The molecule has 0 saturated heterocycles. The number of hydrogen-bond acceptors (Lipinski definition) is 2. The number of carbonyl (C=O) groups excluding carboxylic acids is 2. The Morgan fingerprint density at radius 1 is 0.559 bits per heavy atom. The molecule has 184 valence electrons. The summed E-state index contributed by atoms with van der Waals surface area (Å²) < 4.78 is 0. The Morgan fingerprint density at radius 2 is 0.912 bits per heavy atom. The Kier molecular flexibility index (Phi) is 9.41. The summed E-state index contributed by atoms with van der Waals surface area (Å²) in [5.74, 6) is 0.264. The zero-order valence-electron chi connectivity index (χ0n) is 20.7. The number of hydrogen-bond donors (Lipinski definition) is 2. The second kappa shape index (κ2) is 12.9. The van der Waals surface area contributed by atoms with Crippen LogP contribution < -0.4 is 10.6 Å². The molecule has 0 heterocycles. The molecule has 0 radical (unpaired) electrons. The van der Waals surface area contributed by atoms with Crippen molar-refractivity contribution < 1.29 is 9.59 Å². The standard InChI is InChI=1S/C30H42N2O2/c33-29(31-27-11-7-3-1-4-8-12-27)21-23-15-17-26-20-24(16-18-25(26)19-23)22-30(34)32-28-13-9-5-2-6-10-14-28/h15-20,27-28H,1-14,21-22H2,(H,31,33)(H,32,34). The monoisotopic (exact) mass is 462 g/mol. The summed E-state index contributed by atoms with van der Waals surface area (Å²) in [5.41, 5.74) is 2.09. The third-order valence-electron chi connectivity index (χ3n) is 7.64. The lowest BCUT2D eigenvalue weighted by Gasteiger charge is -2.21. The first-order chi connectivity index (χ1) is 16.7. The molecule has 4 heteroatoms. The molecule has 2 saturated carbocycles. The lowest BCUT2D eigenvalue weighted by molar-refractivity contribution is -0.122. The molecule has 2 aromatic carbocycles. The van der Waals surface area contributed by atoms with E-state index in [0.717, 1.165) is 47.6 Å². The van der Waals surface area contributed by atoms with Crippen LogP contribution >= 0.6 is 0 Å². The van der Waals surface area contributed by atoms with Crippen molar-refractivity contribution in [2.45, 2.75) is 115 Å². The summed E-state index contributed by atoms with van der Waals surface area (Å²) in [6.45, 7) is 0. The van der Waals surface area contributed by atoms with Gasteiger partial charge in [-0.05, 0) is 47.6 Å². The summed E-state index contributed by atoms with van der Waals surface area (Å²) in [7, 11) is 0. The number of amides is 2. The summed E-state index contributed by atoms with van der Waals surface area (Å²) in [4.78, 5) is 25.3. The number of carbonyl (C=O) groups is 2. The summed E-state index contributed by atoms with van der Waals surface area (Å²) in [6.07, 6.45) is 18.0. The van der Waals surface area contributed by atoms with Crippen LogP contribution in [0.1, 0.15) is 101 Å². The minimum atomic E-state index is 0.132. The van der Waals surface area contributed by atoms with Gasteiger partial charge < -0.3 is 10.6 Å². The lowest BCUT2D eigenvalue weighted by atomic mass is 9.96. The van der Waals surface area contributed by atoms with Crippen LogP contribution in [0.25, 0.3) is 10.8 Å². The van der Waals surface area contributed by atoms with Gasteiger partial charge in [0.1, 0.15) is 0 Å². The Hall–Kier alpha value is -2.36. The van der Waals surface area contributed by atoms with Crippen LogP contribution in [-0.2, 0) is 22.4 Å². The van der Waals surface area contributed by atoms with Crippen molar-refractivity contribution in [2.75, 3.05) is 0 Å². The molecule has 0 aromatic heterocycles. The van der Waals surface area contributed by atoms with Crippen LogP contribution in [0, 0.1) is 0 Å². The predicted molar refractivity (Wildman–Crippen MR) is 140 cm³/mol. The maximum absolute atomic E-state index is 12.6. The van der Waals surface area contributed by atoms with E-state index in [1.807, 2.05) is 0 Å². The minimum Gasteiger partial charge on any atom is -0.353 e. The average Bonchev–Trinajstić information content (AvgIpc) is 2.77.